The number of para-hydroxylation sites is 1. The molecule has 24 heavy (non-hydrogen) atoms. The van der Waals surface area contributed by atoms with Gasteiger partial charge in [-0.15, -0.1) is 0 Å². The molecule has 0 unspecified atom stereocenters. The van der Waals surface area contributed by atoms with Gasteiger partial charge in [-0.25, -0.2) is 0 Å². The normalized spacial score (nSPS) is 20.2. The van der Waals surface area contributed by atoms with Crippen LogP contribution in [0.2, 0.25) is 0 Å². The molecule has 1 atom stereocenters. The number of carbonyl (C=O) groups excluding carboxylic acids is 2. The number of nitrogens with zero attached hydrogens (tertiary/aromatic N) is 2. The minimum Gasteiger partial charge on any atom is -0.338 e. The van der Waals surface area contributed by atoms with Gasteiger partial charge in [0.2, 0.25) is 11.8 Å². The van der Waals surface area contributed by atoms with Crippen molar-refractivity contribution in [3.05, 3.63) is 65.7 Å². The molecular formula is C20H20N2O2. The third-order valence-corrected chi connectivity index (χ3v) is 4.98. The Morgan fingerprint density at radius 1 is 0.958 bits per heavy atom. The van der Waals surface area contributed by atoms with Crippen LogP contribution in [0.3, 0.4) is 0 Å². The molecule has 2 aliphatic heterocycles. The first-order chi connectivity index (χ1) is 11.7. The van der Waals surface area contributed by atoms with Crippen molar-refractivity contribution in [1.82, 2.24) is 4.90 Å². The van der Waals surface area contributed by atoms with Gasteiger partial charge in [-0.1, -0.05) is 42.5 Å². The molecule has 1 saturated heterocycles. The molecule has 0 spiro atoms. The van der Waals surface area contributed by atoms with Crippen LogP contribution in [-0.2, 0) is 22.6 Å². The average molecular weight is 320 g/mol. The van der Waals surface area contributed by atoms with Crippen molar-refractivity contribution in [3.63, 3.8) is 0 Å². The van der Waals surface area contributed by atoms with E-state index in [1.165, 1.54) is 11.1 Å². The van der Waals surface area contributed by atoms with Gasteiger partial charge in [0.15, 0.2) is 0 Å². The lowest BCUT2D eigenvalue weighted by Gasteiger charge is -2.30. The molecule has 122 valence electrons. The molecule has 0 aromatic heterocycles. The number of fused-ring (bicyclic) bond motifs is 1. The third kappa shape index (κ3) is 2.68. The maximum absolute atomic E-state index is 12.9. The number of benzene rings is 2. The zero-order chi connectivity index (χ0) is 16.5. The summed E-state index contributed by atoms with van der Waals surface area (Å²) in [6, 6.07) is 17.9. The van der Waals surface area contributed by atoms with E-state index in [9.17, 15) is 9.59 Å². The Balaban J connectivity index is 1.47. The van der Waals surface area contributed by atoms with Crippen LogP contribution in [0.4, 0.5) is 5.69 Å². The summed E-state index contributed by atoms with van der Waals surface area (Å²) in [5.41, 5.74) is 3.43. The standard InChI is InChI=1S/C20H20N2O2/c23-19-12-17(14-22(19)18-8-2-1-3-9-18)20(24)21-11-10-15-6-4-5-7-16(15)13-21/h1-9,17H,10-14H2/t17-/m0/s1. The number of rotatable bonds is 2. The molecule has 4 heteroatoms. The van der Waals surface area contributed by atoms with Crippen LogP contribution < -0.4 is 4.90 Å². The highest BCUT2D eigenvalue weighted by molar-refractivity contribution is 6.00. The summed E-state index contributed by atoms with van der Waals surface area (Å²) < 4.78 is 0. The van der Waals surface area contributed by atoms with Crippen LogP contribution in [0.15, 0.2) is 54.6 Å². The summed E-state index contributed by atoms with van der Waals surface area (Å²) in [4.78, 5) is 28.9. The quantitative estimate of drug-likeness (QED) is 0.853. The number of hydrogen-bond donors (Lipinski definition) is 0. The molecule has 2 heterocycles. The van der Waals surface area contributed by atoms with E-state index in [1.54, 1.807) is 4.90 Å². The largest absolute Gasteiger partial charge is 0.338 e. The highest BCUT2D eigenvalue weighted by Gasteiger charge is 2.37. The number of carbonyl (C=O) groups is 2. The Kier molecular flexibility index (Phi) is 3.81. The third-order valence-electron chi connectivity index (χ3n) is 4.98. The van der Waals surface area contributed by atoms with E-state index >= 15 is 0 Å². The highest BCUT2D eigenvalue weighted by atomic mass is 16.2. The molecule has 2 aliphatic rings. The zero-order valence-corrected chi connectivity index (χ0v) is 13.5. The first-order valence-corrected chi connectivity index (χ1v) is 8.43. The van der Waals surface area contributed by atoms with E-state index in [1.807, 2.05) is 47.4 Å². The van der Waals surface area contributed by atoms with Crippen LogP contribution in [-0.4, -0.2) is 29.8 Å². The van der Waals surface area contributed by atoms with E-state index < -0.39 is 0 Å². The molecular weight excluding hydrogens is 300 g/mol. The van der Waals surface area contributed by atoms with Gasteiger partial charge in [-0.3, -0.25) is 9.59 Å². The van der Waals surface area contributed by atoms with Crippen molar-refractivity contribution in [2.75, 3.05) is 18.0 Å². The molecule has 1 fully saturated rings. The van der Waals surface area contributed by atoms with Gasteiger partial charge in [0.05, 0.1) is 5.92 Å². The molecule has 0 radical (unpaired) electrons. The van der Waals surface area contributed by atoms with Gasteiger partial charge in [0.25, 0.3) is 0 Å². The summed E-state index contributed by atoms with van der Waals surface area (Å²) in [5.74, 6) is -0.0868. The van der Waals surface area contributed by atoms with Crippen molar-refractivity contribution in [3.8, 4) is 0 Å². The van der Waals surface area contributed by atoms with Crippen LogP contribution in [0.5, 0.6) is 0 Å². The Hall–Kier alpha value is -2.62. The molecule has 2 aromatic carbocycles. The lowest BCUT2D eigenvalue weighted by Crippen LogP contribution is -2.40. The van der Waals surface area contributed by atoms with Crippen LogP contribution >= 0.6 is 0 Å². The Morgan fingerprint density at radius 3 is 2.46 bits per heavy atom. The van der Waals surface area contributed by atoms with Crippen LogP contribution in [0.1, 0.15) is 17.5 Å². The molecule has 2 aromatic rings. The lowest BCUT2D eigenvalue weighted by atomic mass is 9.98. The Bertz CT molecular complexity index is 772. The summed E-state index contributed by atoms with van der Waals surface area (Å²) in [5, 5.41) is 0. The van der Waals surface area contributed by atoms with Crippen molar-refractivity contribution in [2.24, 2.45) is 5.92 Å². The van der Waals surface area contributed by atoms with Crippen molar-refractivity contribution in [1.29, 1.82) is 0 Å². The summed E-state index contributed by atoms with van der Waals surface area (Å²) in [7, 11) is 0. The lowest BCUT2D eigenvalue weighted by molar-refractivity contribution is -0.136. The molecule has 4 nitrogen and oxygen atoms in total. The number of amides is 2. The van der Waals surface area contributed by atoms with Crippen LogP contribution in [0.25, 0.3) is 0 Å². The molecule has 0 aliphatic carbocycles. The fourth-order valence-electron chi connectivity index (χ4n) is 3.67. The number of hydrogen-bond acceptors (Lipinski definition) is 2. The SMILES string of the molecule is O=C([C@H]1CC(=O)N(c2ccccc2)C1)N1CCc2ccccc2C1. The summed E-state index contributed by atoms with van der Waals surface area (Å²) >= 11 is 0. The van der Waals surface area contributed by atoms with Crippen molar-refractivity contribution < 1.29 is 9.59 Å². The smallest absolute Gasteiger partial charge is 0.228 e. The van der Waals surface area contributed by atoms with Gasteiger partial charge in [-0.2, -0.15) is 0 Å². The maximum atomic E-state index is 12.9. The molecule has 2 amide bonds. The van der Waals surface area contributed by atoms with E-state index in [0.29, 0.717) is 19.5 Å². The maximum Gasteiger partial charge on any atom is 0.228 e. The predicted octanol–water partition coefficient (Wildman–Crippen LogP) is 2.62. The first kappa shape index (κ1) is 14.9. The Morgan fingerprint density at radius 2 is 1.67 bits per heavy atom. The fourth-order valence-corrected chi connectivity index (χ4v) is 3.67. The summed E-state index contributed by atoms with van der Waals surface area (Å²) in [6.07, 6.45) is 1.21. The molecule has 0 saturated carbocycles. The topological polar surface area (TPSA) is 40.6 Å². The van der Waals surface area contributed by atoms with Gasteiger partial charge in [-0.05, 0) is 29.7 Å². The molecule has 4 rings (SSSR count). The van der Waals surface area contributed by atoms with E-state index in [4.69, 9.17) is 0 Å². The molecule has 0 N–H and O–H groups in total. The number of anilines is 1. The first-order valence-electron chi connectivity index (χ1n) is 8.43. The fraction of sp³-hybridized carbons (Fsp3) is 0.300. The van der Waals surface area contributed by atoms with Gasteiger partial charge >= 0.3 is 0 Å². The van der Waals surface area contributed by atoms with Gasteiger partial charge in [0.1, 0.15) is 0 Å². The minimum absolute atomic E-state index is 0.0389. The van der Waals surface area contributed by atoms with Gasteiger partial charge in [0, 0.05) is 31.7 Å². The van der Waals surface area contributed by atoms with E-state index in [2.05, 4.69) is 12.1 Å². The second-order valence-corrected chi connectivity index (χ2v) is 6.52. The monoisotopic (exact) mass is 320 g/mol. The van der Waals surface area contributed by atoms with Crippen molar-refractivity contribution in [2.45, 2.75) is 19.4 Å². The van der Waals surface area contributed by atoms with Crippen molar-refractivity contribution >= 4 is 17.5 Å². The summed E-state index contributed by atoms with van der Waals surface area (Å²) in [6.45, 7) is 1.89. The highest BCUT2D eigenvalue weighted by Crippen LogP contribution is 2.28. The van der Waals surface area contributed by atoms with Gasteiger partial charge < -0.3 is 9.80 Å². The van der Waals surface area contributed by atoms with E-state index in [-0.39, 0.29) is 17.7 Å². The molecule has 0 bridgehead atoms. The van der Waals surface area contributed by atoms with E-state index in [0.717, 1.165) is 18.7 Å². The zero-order valence-electron chi connectivity index (χ0n) is 13.5. The average Bonchev–Trinajstić information content (AvgIpc) is 3.03. The predicted molar refractivity (Wildman–Crippen MR) is 92.5 cm³/mol. The minimum atomic E-state index is -0.233. The second kappa shape index (κ2) is 6.11. The second-order valence-electron chi connectivity index (χ2n) is 6.52. The Labute approximate surface area is 141 Å². The van der Waals surface area contributed by atoms with Crippen LogP contribution in [0, 0.1) is 5.92 Å².